The first-order valence-electron chi connectivity index (χ1n) is 7.90. The van der Waals surface area contributed by atoms with Crippen LogP contribution in [0.3, 0.4) is 0 Å². The van der Waals surface area contributed by atoms with Crippen molar-refractivity contribution in [3.05, 3.63) is 29.8 Å². The molecule has 1 N–H and O–H groups in total. The van der Waals surface area contributed by atoms with Crippen molar-refractivity contribution in [2.75, 3.05) is 26.7 Å². The number of carbonyl (C=O) groups excluding carboxylic acids is 1. The van der Waals surface area contributed by atoms with E-state index in [-0.39, 0.29) is 5.91 Å². The lowest BCUT2D eigenvalue weighted by atomic mass is 9.89. The summed E-state index contributed by atoms with van der Waals surface area (Å²) in [5, 5.41) is 3.06. The number of nitrogens with one attached hydrogen (secondary N) is 1. The Bertz CT molecular complexity index is 474. The third-order valence-corrected chi connectivity index (χ3v) is 4.48. The number of benzene rings is 1. The summed E-state index contributed by atoms with van der Waals surface area (Å²) < 4.78 is 5.20. The number of methoxy groups -OCH3 is 1. The van der Waals surface area contributed by atoms with Crippen molar-refractivity contribution < 1.29 is 9.53 Å². The van der Waals surface area contributed by atoms with Gasteiger partial charge in [0.15, 0.2) is 0 Å². The van der Waals surface area contributed by atoms with E-state index in [0.717, 1.165) is 44.5 Å². The number of likely N-dealkylation sites (tertiary alicyclic amines) is 1. The Morgan fingerprint density at radius 1 is 1.19 bits per heavy atom. The van der Waals surface area contributed by atoms with Gasteiger partial charge in [0.2, 0.25) is 5.91 Å². The SMILES string of the molecule is COc1ccc(C2CCN(CC(=O)NC3CC3)CC2)cc1. The van der Waals surface area contributed by atoms with Crippen molar-refractivity contribution in [2.24, 2.45) is 0 Å². The monoisotopic (exact) mass is 288 g/mol. The second kappa shape index (κ2) is 6.48. The lowest BCUT2D eigenvalue weighted by Crippen LogP contribution is -2.41. The maximum absolute atomic E-state index is 11.8. The molecule has 0 spiro atoms. The summed E-state index contributed by atoms with van der Waals surface area (Å²) in [7, 11) is 1.69. The van der Waals surface area contributed by atoms with E-state index in [0.29, 0.717) is 18.5 Å². The number of hydrogen-bond donors (Lipinski definition) is 1. The van der Waals surface area contributed by atoms with E-state index < -0.39 is 0 Å². The van der Waals surface area contributed by atoms with Crippen LogP contribution in [0.15, 0.2) is 24.3 Å². The van der Waals surface area contributed by atoms with E-state index >= 15 is 0 Å². The Morgan fingerprint density at radius 2 is 1.86 bits per heavy atom. The molecular formula is C17H24N2O2. The maximum atomic E-state index is 11.8. The van der Waals surface area contributed by atoms with Gasteiger partial charge in [0.05, 0.1) is 13.7 Å². The number of nitrogens with zero attached hydrogens (tertiary/aromatic N) is 1. The molecule has 4 heteroatoms. The van der Waals surface area contributed by atoms with Gasteiger partial charge in [-0.25, -0.2) is 0 Å². The van der Waals surface area contributed by atoms with Crippen LogP contribution < -0.4 is 10.1 Å². The number of ether oxygens (including phenoxy) is 1. The highest BCUT2D eigenvalue weighted by molar-refractivity contribution is 5.78. The molecule has 0 unspecified atom stereocenters. The minimum absolute atomic E-state index is 0.195. The molecule has 1 saturated carbocycles. The smallest absolute Gasteiger partial charge is 0.234 e. The van der Waals surface area contributed by atoms with Crippen LogP contribution >= 0.6 is 0 Å². The molecule has 1 aromatic rings. The number of rotatable bonds is 5. The van der Waals surface area contributed by atoms with Crippen LogP contribution in [-0.4, -0.2) is 43.6 Å². The van der Waals surface area contributed by atoms with Gasteiger partial charge in [-0.15, -0.1) is 0 Å². The predicted octanol–water partition coefficient (Wildman–Crippen LogP) is 2.15. The Kier molecular flexibility index (Phi) is 4.44. The van der Waals surface area contributed by atoms with Gasteiger partial charge < -0.3 is 10.1 Å². The molecule has 3 rings (SSSR count). The summed E-state index contributed by atoms with van der Waals surface area (Å²) >= 11 is 0. The van der Waals surface area contributed by atoms with Gasteiger partial charge in [-0.05, 0) is 62.4 Å². The summed E-state index contributed by atoms with van der Waals surface area (Å²) in [4.78, 5) is 14.1. The molecule has 0 bridgehead atoms. The van der Waals surface area contributed by atoms with Gasteiger partial charge in [-0.2, -0.15) is 0 Å². The maximum Gasteiger partial charge on any atom is 0.234 e. The van der Waals surface area contributed by atoms with Gasteiger partial charge in [0.25, 0.3) is 0 Å². The van der Waals surface area contributed by atoms with Crippen LogP contribution in [0.1, 0.15) is 37.2 Å². The first kappa shape index (κ1) is 14.4. The van der Waals surface area contributed by atoms with Crippen LogP contribution in [0.2, 0.25) is 0 Å². The molecule has 21 heavy (non-hydrogen) atoms. The van der Waals surface area contributed by atoms with Gasteiger partial charge in [-0.3, -0.25) is 9.69 Å². The average molecular weight is 288 g/mol. The lowest BCUT2D eigenvalue weighted by Gasteiger charge is -2.31. The molecular weight excluding hydrogens is 264 g/mol. The highest BCUT2D eigenvalue weighted by Gasteiger charge is 2.26. The third kappa shape index (κ3) is 3.97. The fraction of sp³-hybridized carbons (Fsp3) is 0.588. The number of amides is 1. The fourth-order valence-corrected chi connectivity index (χ4v) is 3.00. The minimum atomic E-state index is 0.195. The van der Waals surface area contributed by atoms with Crippen molar-refractivity contribution in [1.29, 1.82) is 0 Å². The van der Waals surface area contributed by atoms with Crippen LogP contribution in [0.25, 0.3) is 0 Å². The van der Waals surface area contributed by atoms with Gasteiger partial charge in [0.1, 0.15) is 5.75 Å². The van der Waals surface area contributed by atoms with Crippen molar-refractivity contribution in [1.82, 2.24) is 10.2 Å². The molecule has 1 amide bonds. The van der Waals surface area contributed by atoms with Crippen molar-refractivity contribution >= 4 is 5.91 Å². The highest BCUT2D eigenvalue weighted by Crippen LogP contribution is 2.29. The summed E-state index contributed by atoms with van der Waals surface area (Å²) in [5.41, 5.74) is 1.39. The molecule has 1 aromatic carbocycles. The number of hydrogen-bond acceptors (Lipinski definition) is 3. The van der Waals surface area contributed by atoms with Crippen LogP contribution in [-0.2, 0) is 4.79 Å². The zero-order valence-electron chi connectivity index (χ0n) is 12.7. The normalized spacial score (nSPS) is 20.2. The second-order valence-electron chi connectivity index (χ2n) is 6.17. The summed E-state index contributed by atoms with van der Waals surface area (Å²) in [6, 6.07) is 8.86. The Balaban J connectivity index is 1.46. The zero-order valence-corrected chi connectivity index (χ0v) is 12.7. The van der Waals surface area contributed by atoms with E-state index in [9.17, 15) is 4.79 Å². The Hall–Kier alpha value is -1.55. The van der Waals surface area contributed by atoms with Crippen molar-refractivity contribution in [2.45, 2.75) is 37.6 Å². The van der Waals surface area contributed by atoms with E-state index in [1.165, 1.54) is 5.56 Å². The largest absolute Gasteiger partial charge is 0.497 e. The topological polar surface area (TPSA) is 41.6 Å². The predicted molar refractivity (Wildman–Crippen MR) is 82.6 cm³/mol. The highest BCUT2D eigenvalue weighted by atomic mass is 16.5. The standard InChI is InChI=1S/C17H24N2O2/c1-21-16-6-2-13(3-7-16)14-8-10-19(11-9-14)12-17(20)18-15-4-5-15/h2-3,6-7,14-15H,4-5,8-12H2,1H3,(H,18,20). The van der Waals surface area contributed by atoms with Crippen molar-refractivity contribution in [3.8, 4) is 5.75 Å². The molecule has 0 radical (unpaired) electrons. The summed E-state index contributed by atoms with van der Waals surface area (Å²) in [5.74, 6) is 1.71. The van der Waals surface area contributed by atoms with Gasteiger partial charge in [-0.1, -0.05) is 12.1 Å². The van der Waals surface area contributed by atoms with Crippen LogP contribution in [0.5, 0.6) is 5.75 Å². The quantitative estimate of drug-likeness (QED) is 0.902. The fourth-order valence-electron chi connectivity index (χ4n) is 3.00. The van der Waals surface area contributed by atoms with Gasteiger partial charge >= 0.3 is 0 Å². The lowest BCUT2D eigenvalue weighted by molar-refractivity contribution is -0.122. The van der Waals surface area contributed by atoms with Crippen molar-refractivity contribution in [3.63, 3.8) is 0 Å². The molecule has 2 aliphatic rings. The molecule has 1 aliphatic heterocycles. The summed E-state index contributed by atoms with van der Waals surface area (Å²) in [6.07, 6.45) is 4.57. The van der Waals surface area contributed by atoms with E-state index in [1.807, 2.05) is 12.1 Å². The van der Waals surface area contributed by atoms with E-state index in [4.69, 9.17) is 4.74 Å². The third-order valence-electron chi connectivity index (χ3n) is 4.48. The number of piperidine rings is 1. The Morgan fingerprint density at radius 3 is 2.43 bits per heavy atom. The molecule has 2 fully saturated rings. The number of carbonyl (C=O) groups is 1. The Labute approximate surface area is 126 Å². The molecule has 1 heterocycles. The van der Waals surface area contributed by atoms with Crippen LogP contribution in [0.4, 0.5) is 0 Å². The van der Waals surface area contributed by atoms with Crippen LogP contribution in [0, 0.1) is 0 Å². The molecule has 0 aromatic heterocycles. The molecule has 114 valence electrons. The second-order valence-corrected chi connectivity index (χ2v) is 6.17. The first-order chi connectivity index (χ1) is 10.2. The first-order valence-corrected chi connectivity index (χ1v) is 7.90. The minimum Gasteiger partial charge on any atom is -0.497 e. The summed E-state index contributed by atoms with van der Waals surface area (Å²) in [6.45, 7) is 2.58. The van der Waals surface area contributed by atoms with E-state index in [2.05, 4.69) is 22.3 Å². The molecule has 4 nitrogen and oxygen atoms in total. The van der Waals surface area contributed by atoms with Gasteiger partial charge in [0, 0.05) is 6.04 Å². The molecule has 1 aliphatic carbocycles. The van der Waals surface area contributed by atoms with E-state index in [1.54, 1.807) is 7.11 Å². The average Bonchev–Trinajstić information content (AvgIpc) is 3.32. The zero-order chi connectivity index (χ0) is 14.7. The molecule has 0 atom stereocenters. The molecule has 1 saturated heterocycles.